The van der Waals surface area contributed by atoms with Crippen molar-refractivity contribution < 1.29 is 4.42 Å². The second-order valence-electron chi connectivity index (χ2n) is 6.12. The summed E-state index contributed by atoms with van der Waals surface area (Å²) in [5.74, 6) is 2.80. The molecule has 1 aliphatic carbocycles. The zero-order chi connectivity index (χ0) is 12.7. The maximum Gasteiger partial charge on any atom is 0.208 e. The second-order valence-corrected chi connectivity index (χ2v) is 6.12. The fraction of sp³-hybridized carbons (Fsp3) is 0.800. The van der Waals surface area contributed by atoms with Crippen molar-refractivity contribution in [2.75, 3.05) is 0 Å². The Kier molecular flexibility index (Phi) is 3.18. The molecule has 1 saturated heterocycles. The van der Waals surface area contributed by atoms with Crippen LogP contribution in [0.3, 0.4) is 0 Å². The summed E-state index contributed by atoms with van der Waals surface area (Å²) in [7, 11) is 0. The number of nitrogens with zero attached hydrogens (tertiary/aromatic N) is 2. The number of oxazole rings is 1. The van der Waals surface area contributed by atoms with Crippen LogP contribution in [-0.4, -0.2) is 22.0 Å². The number of rotatable bonds is 2. The van der Waals surface area contributed by atoms with Crippen molar-refractivity contribution in [3.05, 3.63) is 17.3 Å². The lowest BCUT2D eigenvalue weighted by atomic mass is 9.85. The number of fused-ring (bicyclic) bond motifs is 1. The van der Waals surface area contributed by atoms with Crippen LogP contribution in [0.25, 0.3) is 0 Å². The number of likely N-dealkylation sites (tertiary alicyclic amines) is 1. The van der Waals surface area contributed by atoms with Crippen molar-refractivity contribution in [1.29, 1.82) is 0 Å². The van der Waals surface area contributed by atoms with Crippen LogP contribution in [0.2, 0.25) is 0 Å². The fourth-order valence-electron chi connectivity index (χ4n) is 3.84. The lowest BCUT2D eigenvalue weighted by Gasteiger charge is -2.32. The molecule has 0 N–H and O–H groups in total. The van der Waals surface area contributed by atoms with Gasteiger partial charge < -0.3 is 4.42 Å². The van der Waals surface area contributed by atoms with Crippen molar-refractivity contribution in [3.63, 3.8) is 0 Å². The summed E-state index contributed by atoms with van der Waals surface area (Å²) in [6.45, 7) is 7.29. The molecule has 0 aromatic carbocycles. The summed E-state index contributed by atoms with van der Waals surface area (Å²) >= 11 is 0. The number of hydrogen-bond acceptors (Lipinski definition) is 3. The van der Waals surface area contributed by atoms with Gasteiger partial charge in [0, 0.05) is 12.1 Å². The van der Waals surface area contributed by atoms with Gasteiger partial charge in [0.1, 0.15) is 5.76 Å². The monoisotopic (exact) mass is 248 g/mol. The molecular formula is C15H24N2O. The van der Waals surface area contributed by atoms with E-state index in [1.54, 1.807) is 0 Å². The minimum Gasteiger partial charge on any atom is -0.444 e. The number of hydrogen-bond donors (Lipinski definition) is 0. The van der Waals surface area contributed by atoms with Gasteiger partial charge in [-0.05, 0) is 46.0 Å². The molecule has 2 heterocycles. The van der Waals surface area contributed by atoms with Gasteiger partial charge in [0.05, 0.1) is 12.2 Å². The maximum absolute atomic E-state index is 5.75. The quantitative estimate of drug-likeness (QED) is 0.803. The van der Waals surface area contributed by atoms with Gasteiger partial charge in [-0.2, -0.15) is 0 Å². The van der Waals surface area contributed by atoms with Gasteiger partial charge in [0.25, 0.3) is 0 Å². The van der Waals surface area contributed by atoms with E-state index in [-0.39, 0.29) is 0 Å². The molecule has 0 amide bonds. The second kappa shape index (κ2) is 4.69. The topological polar surface area (TPSA) is 29.3 Å². The van der Waals surface area contributed by atoms with Crippen LogP contribution >= 0.6 is 0 Å². The molecular weight excluding hydrogens is 224 g/mol. The van der Waals surface area contributed by atoms with E-state index < -0.39 is 0 Å². The Balaban J connectivity index is 1.74. The molecule has 3 unspecified atom stereocenters. The van der Waals surface area contributed by atoms with Gasteiger partial charge in [0.15, 0.2) is 0 Å². The van der Waals surface area contributed by atoms with E-state index in [2.05, 4.69) is 16.8 Å². The highest BCUT2D eigenvalue weighted by Gasteiger charge is 2.40. The van der Waals surface area contributed by atoms with E-state index in [4.69, 9.17) is 4.42 Å². The summed E-state index contributed by atoms with van der Waals surface area (Å²) in [5, 5.41) is 0. The predicted molar refractivity (Wildman–Crippen MR) is 71.3 cm³/mol. The zero-order valence-electron chi connectivity index (χ0n) is 11.8. The third-order valence-electron chi connectivity index (χ3n) is 4.90. The first kappa shape index (κ1) is 12.2. The molecule has 3 atom stereocenters. The van der Waals surface area contributed by atoms with E-state index in [0.717, 1.165) is 35.8 Å². The average Bonchev–Trinajstić information content (AvgIpc) is 2.82. The molecule has 100 valence electrons. The van der Waals surface area contributed by atoms with Crippen molar-refractivity contribution in [2.45, 2.75) is 71.5 Å². The molecule has 3 nitrogen and oxygen atoms in total. The standard InChI is InChI=1S/C15H24N2O/c1-10-8-13-6-4-5-7-14(13)17(10)9-15-16-11(2)12(3)18-15/h10,13-14H,4-9H2,1-3H3. The molecule has 2 fully saturated rings. The highest BCUT2D eigenvalue weighted by Crippen LogP contribution is 2.40. The Hall–Kier alpha value is -0.830. The van der Waals surface area contributed by atoms with Gasteiger partial charge >= 0.3 is 0 Å². The van der Waals surface area contributed by atoms with E-state index in [1.807, 2.05) is 13.8 Å². The molecule has 18 heavy (non-hydrogen) atoms. The van der Waals surface area contributed by atoms with Gasteiger partial charge in [-0.1, -0.05) is 12.8 Å². The van der Waals surface area contributed by atoms with E-state index in [1.165, 1.54) is 32.1 Å². The molecule has 0 bridgehead atoms. The summed E-state index contributed by atoms with van der Waals surface area (Å²) in [6, 6.07) is 1.46. The normalized spacial score (nSPS) is 32.7. The average molecular weight is 248 g/mol. The third-order valence-corrected chi connectivity index (χ3v) is 4.90. The summed E-state index contributed by atoms with van der Waals surface area (Å²) in [5.41, 5.74) is 1.04. The molecule has 3 rings (SSSR count). The Bertz CT molecular complexity index is 407. The highest BCUT2D eigenvalue weighted by molar-refractivity contribution is 5.06. The third kappa shape index (κ3) is 2.09. The van der Waals surface area contributed by atoms with Crippen molar-refractivity contribution in [2.24, 2.45) is 5.92 Å². The van der Waals surface area contributed by atoms with Crippen molar-refractivity contribution in [3.8, 4) is 0 Å². The number of aryl methyl sites for hydroxylation is 2. The van der Waals surface area contributed by atoms with Crippen LogP contribution in [0, 0.1) is 19.8 Å². The van der Waals surface area contributed by atoms with Gasteiger partial charge in [-0.25, -0.2) is 4.98 Å². The van der Waals surface area contributed by atoms with Crippen LogP contribution in [0.1, 0.15) is 56.4 Å². The van der Waals surface area contributed by atoms with Crippen molar-refractivity contribution in [1.82, 2.24) is 9.88 Å². The van der Waals surface area contributed by atoms with Crippen LogP contribution in [0.4, 0.5) is 0 Å². The molecule has 1 saturated carbocycles. The van der Waals surface area contributed by atoms with E-state index in [0.29, 0.717) is 6.04 Å². The van der Waals surface area contributed by atoms with Crippen LogP contribution in [-0.2, 0) is 6.54 Å². The highest BCUT2D eigenvalue weighted by atomic mass is 16.4. The number of aromatic nitrogens is 1. The molecule has 0 spiro atoms. The molecule has 2 aliphatic rings. The minimum absolute atomic E-state index is 0.686. The first-order chi connectivity index (χ1) is 8.65. The van der Waals surface area contributed by atoms with Crippen LogP contribution < -0.4 is 0 Å². The van der Waals surface area contributed by atoms with Crippen LogP contribution in [0.15, 0.2) is 4.42 Å². The fourth-order valence-corrected chi connectivity index (χ4v) is 3.84. The Morgan fingerprint density at radius 3 is 2.78 bits per heavy atom. The lowest BCUT2D eigenvalue weighted by molar-refractivity contribution is 0.136. The lowest BCUT2D eigenvalue weighted by Crippen LogP contribution is -2.37. The molecule has 1 aliphatic heterocycles. The zero-order valence-corrected chi connectivity index (χ0v) is 11.8. The Morgan fingerprint density at radius 2 is 2.06 bits per heavy atom. The SMILES string of the molecule is Cc1nc(CN2C(C)CC3CCCCC32)oc1C. The maximum atomic E-state index is 5.75. The summed E-state index contributed by atoms with van der Waals surface area (Å²) in [4.78, 5) is 7.17. The summed E-state index contributed by atoms with van der Waals surface area (Å²) < 4.78 is 5.75. The molecule has 1 aromatic rings. The Morgan fingerprint density at radius 1 is 1.28 bits per heavy atom. The van der Waals surface area contributed by atoms with Gasteiger partial charge in [-0.3, -0.25) is 4.90 Å². The molecule has 0 radical (unpaired) electrons. The van der Waals surface area contributed by atoms with E-state index >= 15 is 0 Å². The molecule has 3 heteroatoms. The molecule has 1 aromatic heterocycles. The van der Waals surface area contributed by atoms with Gasteiger partial charge in [-0.15, -0.1) is 0 Å². The van der Waals surface area contributed by atoms with E-state index in [9.17, 15) is 0 Å². The predicted octanol–water partition coefficient (Wildman–Crippen LogP) is 3.44. The smallest absolute Gasteiger partial charge is 0.208 e. The first-order valence-electron chi connectivity index (χ1n) is 7.34. The van der Waals surface area contributed by atoms with Crippen LogP contribution in [0.5, 0.6) is 0 Å². The van der Waals surface area contributed by atoms with Gasteiger partial charge in [0.2, 0.25) is 5.89 Å². The first-order valence-corrected chi connectivity index (χ1v) is 7.34. The summed E-state index contributed by atoms with van der Waals surface area (Å²) in [6.07, 6.45) is 6.99. The minimum atomic E-state index is 0.686. The largest absolute Gasteiger partial charge is 0.444 e. The Labute approximate surface area is 110 Å². The van der Waals surface area contributed by atoms with Crippen molar-refractivity contribution >= 4 is 0 Å².